The van der Waals surface area contributed by atoms with Crippen molar-refractivity contribution in [3.8, 4) is 0 Å². The Morgan fingerprint density at radius 3 is 2.54 bits per heavy atom. The summed E-state index contributed by atoms with van der Waals surface area (Å²) in [5, 5.41) is 20.8. The van der Waals surface area contributed by atoms with Gasteiger partial charge in [0.25, 0.3) is 5.91 Å². The molecule has 1 saturated heterocycles. The molecule has 1 fully saturated rings. The summed E-state index contributed by atoms with van der Waals surface area (Å²) in [7, 11) is 0. The Morgan fingerprint density at radius 1 is 1.21 bits per heavy atom. The minimum Gasteiger partial charge on any atom is -0.619 e. The van der Waals surface area contributed by atoms with Crippen LogP contribution >= 0.6 is 0 Å². The van der Waals surface area contributed by atoms with Crippen LogP contribution in [-0.4, -0.2) is 29.1 Å². The highest BCUT2D eigenvalue weighted by Gasteiger charge is 2.44. The number of nitrogens with one attached hydrogen (secondary N) is 1. The van der Waals surface area contributed by atoms with E-state index >= 15 is 0 Å². The van der Waals surface area contributed by atoms with Crippen LogP contribution in [0.2, 0.25) is 0 Å². The maximum Gasteiger partial charge on any atom is 0.254 e. The van der Waals surface area contributed by atoms with Gasteiger partial charge in [-0.05, 0) is 37.6 Å². The smallest absolute Gasteiger partial charge is 0.254 e. The van der Waals surface area contributed by atoms with Gasteiger partial charge in [-0.25, -0.2) is 5.48 Å². The van der Waals surface area contributed by atoms with Gasteiger partial charge in [0.1, 0.15) is 0 Å². The second kappa shape index (κ2) is 6.98. The molecule has 0 bridgehead atoms. The zero-order valence-electron chi connectivity index (χ0n) is 13.4. The van der Waals surface area contributed by atoms with Gasteiger partial charge in [-0.3, -0.25) is 14.9 Å². The lowest BCUT2D eigenvalue weighted by Gasteiger charge is -2.39. The third kappa shape index (κ3) is 3.25. The van der Waals surface area contributed by atoms with E-state index < -0.39 is 11.3 Å². The minimum atomic E-state index is -0.866. The lowest BCUT2D eigenvalue weighted by atomic mass is 9.72. The molecule has 1 aliphatic rings. The van der Waals surface area contributed by atoms with Gasteiger partial charge < -0.3 is 5.21 Å². The number of amides is 1. The molecule has 1 aromatic carbocycles. The molecule has 6 nitrogen and oxygen atoms in total. The second-order valence-electron chi connectivity index (χ2n) is 6.24. The summed E-state index contributed by atoms with van der Waals surface area (Å²) in [6, 6.07) is 13.6. The summed E-state index contributed by atoms with van der Waals surface area (Å²) in [4.78, 5) is 14.7. The Morgan fingerprint density at radius 2 is 1.92 bits per heavy atom. The SMILES string of the molecule is O=C(NO)C1(c2ccc[n+]([O-])c2)CCN(Cc2ccccc2)CC1. The van der Waals surface area contributed by atoms with Crippen LogP contribution in [0.25, 0.3) is 0 Å². The van der Waals surface area contributed by atoms with Crippen LogP contribution in [0, 0.1) is 5.21 Å². The third-order valence-corrected chi connectivity index (χ3v) is 4.82. The van der Waals surface area contributed by atoms with Crippen LogP contribution < -0.4 is 10.2 Å². The van der Waals surface area contributed by atoms with E-state index in [1.54, 1.807) is 17.6 Å². The van der Waals surface area contributed by atoms with Gasteiger partial charge in [-0.1, -0.05) is 30.3 Å². The first-order valence-electron chi connectivity index (χ1n) is 8.04. The van der Waals surface area contributed by atoms with Crippen LogP contribution in [0.4, 0.5) is 0 Å². The molecule has 6 heteroatoms. The third-order valence-electron chi connectivity index (χ3n) is 4.82. The van der Waals surface area contributed by atoms with E-state index in [0.29, 0.717) is 23.1 Å². The number of carbonyl (C=O) groups excluding carboxylic acids is 1. The average Bonchev–Trinajstić information content (AvgIpc) is 2.63. The van der Waals surface area contributed by atoms with E-state index in [0.717, 1.165) is 19.6 Å². The monoisotopic (exact) mass is 327 g/mol. The Bertz CT molecular complexity index is 698. The molecule has 2 aromatic rings. The van der Waals surface area contributed by atoms with E-state index in [-0.39, 0.29) is 0 Å². The van der Waals surface area contributed by atoms with Crippen molar-refractivity contribution in [2.24, 2.45) is 0 Å². The second-order valence-corrected chi connectivity index (χ2v) is 6.24. The standard InChI is InChI=1S/C18H21N3O3/c22-17(19-23)18(16-7-4-10-21(24)14-16)8-11-20(12-9-18)13-15-5-2-1-3-6-15/h1-7,10,14,23H,8-9,11-13H2,(H,19,22). The van der Waals surface area contributed by atoms with Crippen molar-refractivity contribution in [3.05, 3.63) is 71.2 Å². The van der Waals surface area contributed by atoms with Gasteiger partial charge in [-0.2, -0.15) is 4.73 Å². The quantitative estimate of drug-likeness (QED) is 0.385. The molecule has 24 heavy (non-hydrogen) atoms. The predicted octanol–water partition coefficient (Wildman–Crippen LogP) is 1.36. The number of nitrogens with zero attached hydrogens (tertiary/aromatic N) is 2. The lowest BCUT2D eigenvalue weighted by molar-refractivity contribution is -0.606. The zero-order valence-corrected chi connectivity index (χ0v) is 13.4. The van der Waals surface area contributed by atoms with Crippen LogP contribution in [0.3, 0.4) is 0 Å². The number of carbonyl (C=O) groups is 1. The summed E-state index contributed by atoms with van der Waals surface area (Å²) in [6.07, 6.45) is 3.91. The summed E-state index contributed by atoms with van der Waals surface area (Å²) in [5.74, 6) is -0.451. The van der Waals surface area contributed by atoms with Crippen molar-refractivity contribution in [3.63, 3.8) is 0 Å². The number of aromatic nitrogens is 1. The highest BCUT2D eigenvalue weighted by molar-refractivity contribution is 5.87. The first-order chi connectivity index (χ1) is 11.6. The van der Waals surface area contributed by atoms with E-state index in [1.807, 2.05) is 18.2 Å². The van der Waals surface area contributed by atoms with E-state index in [2.05, 4.69) is 17.0 Å². The summed E-state index contributed by atoms with van der Waals surface area (Å²) >= 11 is 0. The molecule has 0 unspecified atom stereocenters. The Hall–Kier alpha value is -2.44. The molecule has 1 aromatic heterocycles. The minimum absolute atomic E-state index is 0.451. The van der Waals surface area contributed by atoms with Crippen molar-refractivity contribution >= 4 is 5.91 Å². The van der Waals surface area contributed by atoms with Gasteiger partial charge in [0.15, 0.2) is 12.4 Å². The molecular formula is C18H21N3O3. The maximum absolute atomic E-state index is 12.4. The van der Waals surface area contributed by atoms with Gasteiger partial charge >= 0.3 is 0 Å². The zero-order chi connectivity index (χ0) is 17.0. The molecule has 2 N–H and O–H groups in total. The topological polar surface area (TPSA) is 79.5 Å². The van der Waals surface area contributed by atoms with E-state index in [9.17, 15) is 15.2 Å². The first-order valence-corrected chi connectivity index (χ1v) is 8.04. The number of hydrogen-bond donors (Lipinski definition) is 2. The number of hydroxylamine groups is 1. The molecule has 0 spiro atoms. The summed E-state index contributed by atoms with van der Waals surface area (Å²) in [6.45, 7) is 2.26. The van der Waals surface area contributed by atoms with Gasteiger partial charge in [0.2, 0.25) is 0 Å². The molecule has 0 radical (unpaired) electrons. The van der Waals surface area contributed by atoms with Crippen molar-refractivity contribution < 1.29 is 14.7 Å². The van der Waals surface area contributed by atoms with Crippen LogP contribution in [0.1, 0.15) is 24.0 Å². The number of piperidine rings is 1. The molecule has 0 atom stereocenters. The molecule has 1 amide bonds. The number of likely N-dealkylation sites (tertiary alicyclic amines) is 1. The molecule has 126 valence electrons. The number of benzene rings is 1. The highest BCUT2D eigenvalue weighted by atomic mass is 16.5. The fraction of sp³-hybridized carbons (Fsp3) is 0.333. The van der Waals surface area contributed by atoms with Crippen molar-refractivity contribution in [1.82, 2.24) is 10.4 Å². The van der Waals surface area contributed by atoms with Crippen LogP contribution in [-0.2, 0) is 16.8 Å². The largest absolute Gasteiger partial charge is 0.619 e. The lowest BCUT2D eigenvalue weighted by Crippen LogP contribution is -2.51. The molecule has 2 heterocycles. The predicted molar refractivity (Wildman–Crippen MR) is 88.0 cm³/mol. The van der Waals surface area contributed by atoms with Crippen molar-refractivity contribution in [2.45, 2.75) is 24.8 Å². The average molecular weight is 327 g/mol. The molecule has 3 rings (SSSR count). The normalized spacial score (nSPS) is 17.4. The molecule has 0 aliphatic carbocycles. The molecule has 1 aliphatic heterocycles. The number of rotatable bonds is 4. The van der Waals surface area contributed by atoms with E-state index in [1.165, 1.54) is 18.0 Å². The number of pyridine rings is 1. The Labute approximate surface area is 140 Å². The van der Waals surface area contributed by atoms with Crippen LogP contribution in [0.15, 0.2) is 54.9 Å². The first kappa shape index (κ1) is 16.4. The molecular weight excluding hydrogens is 306 g/mol. The van der Waals surface area contributed by atoms with Crippen molar-refractivity contribution in [2.75, 3.05) is 13.1 Å². The fourth-order valence-corrected chi connectivity index (χ4v) is 3.43. The highest BCUT2D eigenvalue weighted by Crippen LogP contribution is 2.35. The maximum atomic E-state index is 12.4. The summed E-state index contributed by atoms with van der Waals surface area (Å²) in [5.41, 5.74) is 2.80. The summed E-state index contributed by atoms with van der Waals surface area (Å²) < 4.78 is 0.693. The Kier molecular flexibility index (Phi) is 4.78. The fourth-order valence-electron chi connectivity index (χ4n) is 3.43. The van der Waals surface area contributed by atoms with Crippen molar-refractivity contribution in [1.29, 1.82) is 0 Å². The molecule has 0 saturated carbocycles. The number of hydrogen-bond acceptors (Lipinski definition) is 4. The van der Waals surface area contributed by atoms with E-state index in [4.69, 9.17) is 0 Å². The Balaban J connectivity index is 1.77. The van der Waals surface area contributed by atoms with Gasteiger partial charge in [-0.15, -0.1) is 0 Å². The van der Waals surface area contributed by atoms with Gasteiger partial charge in [0.05, 0.1) is 5.41 Å². The van der Waals surface area contributed by atoms with Gasteiger partial charge in [0, 0.05) is 18.2 Å². The van der Waals surface area contributed by atoms with Crippen LogP contribution in [0.5, 0.6) is 0 Å².